The lowest BCUT2D eigenvalue weighted by Crippen LogP contribution is -2.53. The monoisotopic (exact) mass is 683 g/mol. The molecule has 3 fully saturated rings. The van der Waals surface area contributed by atoms with Crippen LogP contribution in [0.15, 0.2) is 97.1 Å². The topological polar surface area (TPSA) is 88.2 Å². The highest BCUT2D eigenvalue weighted by molar-refractivity contribution is 6.01. The standard InChI is InChI=1S/C43H49N5O3/c49-36-15-17-38-32(28-36)12-16-37(30-6-2-1-3-7-30)42(38)31-10-13-34(14-11-31)47-22-20-35(21-23-47)48-26-24-46(25-27-48)29-33-8-4-5-9-39(33)44-40-18-19-41(50)45-43(40)51/h1-11,13-15,17,28,35,37,40,42,44,49H,12,16,18-27,29H2,(H,45,50,51). The Morgan fingerprint density at radius 3 is 2.24 bits per heavy atom. The average molecular weight is 684 g/mol. The maximum absolute atomic E-state index is 12.4. The van der Waals surface area contributed by atoms with Crippen molar-refractivity contribution in [3.05, 3.63) is 125 Å². The lowest BCUT2D eigenvalue weighted by atomic mass is 9.69. The fourth-order valence-electron chi connectivity index (χ4n) is 9.00. The molecule has 0 aromatic heterocycles. The van der Waals surface area contributed by atoms with E-state index in [1.807, 2.05) is 24.3 Å². The number of piperidine rings is 2. The van der Waals surface area contributed by atoms with Gasteiger partial charge in [0.15, 0.2) is 0 Å². The normalized spacial score (nSPS) is 23.5. The molecule has 3 N–H and O–H groups in total. The SMILES string of the molecule is O=C1CCC(Nc2ccccc2CN2CCN(C3CCN(c4ccc(C5c6ccc(O)cc6CCC5c5ccccc5)cc4)CC3)CC2)C(=O)N1. The first-order chi connectivity index (χ1) is 25.0. The van der Waals surface area contributed by atoms with E-state index in [-0.39, 0.29) is 23.8 Å². The molecule has 3 unspecified atom stereocenters. The molecule has 51 heavy (non-hydrogen) atoms. The number of nitrogens with zero attached hydrogens (tertiary/aromatic N) is 3. The zero-order valence-electron chi connectivity index (χ0n) is 29.3. The molecule has 264 valence electrons. The molecular weight excluding hydrogens is 635 g/mol. The Bertz CT molecular complexity index is 1830. The number of para-hydroxylation sites is 1. The summed E-state index contributed by atoms with van der Waals surface area (Å²) in [5.41, 5.74) is 8.83. The lowest BCUT2D eigenvalue weighted by molar-refractivity contribution is -0.133. The summed E-state index contributed by atoms with van der Waals surface area (Å²) in [7, 11) is 0. The van der Waals surface area contributed by atoms with Crippen LogP contribution in [-0.4, -0.2) is 78.1 Å². The molecule has 3 aliphatic heterocycles. The first-order valence-corrected chi connectivity index (χ1v) is 18.8. The predicted octanol–water partition coefficient (Wildman–Crippen LogP) is 6.26. The highest BCUT2D eigenvalue weighted by atomic mass is 16.3. The van der Waals surface area contributed by atoms with Crippen LogP contribution in [0.2, 0.25) is 0 Å². The molecule has 3 saturated heterocycles. The van der Waals surface area contributed by atoms with Crippen molar-refractivity contribution in [1.82, 2.24) is 15.1 Å². The number of aryl methyl sites for hydroxylation is 1. The van der Waals surface area contributed by atoms with Crippen molar-refractivity contribution in [1.29, 1.82) is 0 Å². The second kappa shape index (κ2) is 14.9. The minimum atomic E-state index is -0.373. The van der Waals surface area contributed by atoms with E-state index >= 15 is 0 Å². The lowest BCUT2D eigenvalue weighted by Gasteiger charge is -2.43. The third kappa shape index (κ3) is 7.39. The highest BCUT2D eigenvalue weighted by Crippen LogP contribution is 2.47. The van der Waals surface area contributed by atoms with E-state index in [4.69, 9.17) is 0 Å². The van der Waals surface area contributed by atoms with Crippen LogP contribution < -0.4 is 15.5 Å². The maximum Gasteiger partial charge on any atom is 0.249 e. The summed E-state index contributed by atoms with van der Waals surface area (Å²) in [5, 5.41) is 16.1. The molecule has 2 amide bonds. The van der Waals surface area contributed by atoms with Gasteiger partial charge in [-0.2, -0.15) is 0 Å². The quantitative estimate of drug-likeness (QED) is 0.189. The smallest absolute Gasteiger partial charge is 0.249 e. The van der Waals surface area contributed by atoms with Gasteiger partial charge < -0.3 is 15.3 Å². The number of fused-ring (bicyclic) bond motifs is 1. The zero-order chi connectivity index (χ0) is 34.7. The Morgan fingerprint density at radius 1 is 0.725 bits per heavy atom. The van der Waals surface area contributed by atoms with Gasteiger partial charge in [-0.3, -0.25) is 24.7 Å². The van der Waals surface area contributed by atoms with Gasteiger partial charge in [0.2, 0.25) is 11.8 Å². The molecule has 0 spiro atoms. The number of nitrogens with one attached hydrogen (secondary N) is 2. The number of piperazine rings is 1. The van der Waals surface area contributed by atoms with Crippen molar-refractivity contribution in [2.24, 2.45) is 0 Å². The predicted molar refractivity (Wildman–Crippen MR) is 202 cm³/mol. The Morgan fingerprint density at radius 2 is 1.47 bits per heavy atom. The van der Waals surface area contributed by atoms with Crippen LogP contribution in [0, 0.1) is 0 Å². The number of carbonyl (C=O) groups excluding carboxylic acids is 2. The fourth-order valence-corrected chi connectivity index (χ4v) is 9.00. The van der Waals surface area contributed by atoms with Crippen LogP contribution in [0.25, 0.3) is 0 Å². The van der Waals surface area contributed by atoms with Gasteiger partial charge in [-0.15, -0.1) is 0 Å². The van der Waals surface area contributed by atoms with E-state index in [0.29, 0.717) is 30.6 Å². The molecule has 0 bridgehead atoms. The van der Waals surface area contributed by atoms with Gasteiger partial charge in [-0.1, -0.05) is 66.7 Å². The van der Waals surface area contributed by atoms with Crippen LogP contribution in [0.3, 0.4) is 0 Å². The fraction of sp³-hybridized carbons (Fsp3) is 0.395. The van der Waals surface area contributed by atoms with Crippen LogP contribution in [-0.2, 0) is 22.6 Å². The van der Waals surface area contributed by atoms with Crippen molar-refractivity contribution in [3.63, 3.8) is 0 Å². The Balaban J connectivity index is 0.858. The molecular formula is C43H49N5O3. The van der Waals surface area contributed by atoms with Crippen molar-refractivity contribution < 1.29 is 14.7 Å². The molecule has 4 aromatic carbocycles. The van der Waals surface area contributed by atoms with E-state index < -0.39 is 0 Å². The molecule has 8 nitrogen and oxygen atoms in total. The number of carbonyl (C=O) groups is 2. The third-order valence-corrected chi connectivity index (χ3v) is 11.8. The van der Waals surface area contributed by atoms with Crippen molar-refractivity contribution in [2.75, 3.05) is 49.5 Å². The number of amides is 2. The molecule has 0 saturated carbocycles. The van der Waals surface area contributed by atoms with Crippen LogP contribution in [0.1, 0.15) is 71.8 Å². The van der Waals surface area contributed by atoms with E-state index in [1.54, 1.807) is 0 Å². The summed E-state index contributed by atoms with van der Waals surface area (Å²) in [6.07, 6.45) is 5.31. The van der Waals surface area contributed by atoms with Crippen molar-refractivity contribution in [3.8, 4) is 5.75 Å². The summed E-state index contributed by atoms with van der Waals surface area (Å²) in [5.74, 6) is 0.614. The molecule has 4 aliphatic rings. The number of rotatable bonds is 8. The molecule has 0 radical (unpaired) electrons. The Kier molecular flexibility index (Phi) is 9.78. The van der Waals surface area contributed by atoms with Gasteiger partial charge >= 0.3 is 0 Å². The zero-order valence-corrected chi connectivity index (χ0v) is 29.3. The summed E-state index contributed by atoms with van der Waals surface area (Å²) < 4.78 is 0. The van der Waals surface area contributed by atoms with Crippen molar-refractivity contribution in [2.45, 2.75) is 69.0 Å². The first kappa shape index (κ1) is 33.5. The van der Waals surface area contributed by atoms with E-state index in [2.05, 4.69) is 98.1 Å². The minimum absolute atomic E-state index is 0.189. The minimum Gasteiger partial charge on any atom is -0.508 e. The molecule has 8 heteroatoms. The van der Waals surface area contributed by atoms with Crippen molar-refractivity contribution >= 4 is 23.2 Å². The van der Waals surface area contributed by atoms with Gasteiger partial charge in [0, 0.05) is 75.6 Å². The van der Waals surface area contributed by atoms with E-state index in [0.717, 1.165) is 64.3 Å². The number of hydrogen-bond acceptors (Lipinski definition) is 7. The molecule has 3 heterocycles. The average Bonchev–Trinajstić information content (AvgIpc) is 3.17. The number of phenolic OH excluding ortho intramolecular Hbond substituents is 1. The largest absolute Gasteiger partial charge is 0.508 e. The van der Waals surface area contributed by atoms with Crippen LogP contribution >= 0.6 is 0 Å². The Hall–Kier alpha value is -4.66. The first-order valence-electron chi connectivity index (χ1n) is 18.8. The van der Waals surface area contributed by atoms with E-state index in [9.17, 15) is 14.7 Å². The molecule has 8 rings (SSSR count). The molecule has 3 atom stereocenters. The van der Waals surface area contributed by atoms with Gasteiger partial charge in [0.25, 0.3) is 0 Å². The Labute approximate surface area is 301 Å². The second-order valence-electron chi connectivity index (χ2n) is 14.8. The summed E-state index contributed by atoms with van der Waals surface area (Å²) in [6, 6.07) is 34.7. The van der Waals surface area contributed by atoms with Gasteiger partial charge in [0.1, 0.15) is 11.8 Å². The number of hydrogen-bond donors (Lipinski definition) is 3. The van der Waals surface area contributed by atoms with E-state index in [1.165, 1.54) is 46.3 Å². The number of imide groups is 1. The molecule has 4 aromatic rings. The summed E-state index contributed by atoms with van der Waals surface area (Å²) in [6.45, 7) is 7.20. The van der Waals surface area contributed by atoms with Gasteiger partial charge in [-0.25, -0.2) is 0 Å². The number of benzene rings is 4. The molecule has 1 aliphatic carbocycles. The number of aromatic hydroxyl groups is 1. The maximum atomic E-state index is 12.4. The summed E-state index contributed by atoms with van der Waals surface area (Å²) in [4.78, 5) is 31.7. The second-order valence-corrected chi connectivity index (χ2v) is 14.8. The number of anilines is 2. The van der Waals surface area contributed by atoms with Crippen LogP contribution in [0.5, 0.6) is 5.75 Å². The van der Waals surface area contributed by atoms with Gasteiger partial charge in [0.05, 0.1) is 0 Å². The highest BCUT2D eigenvalue weighted by Gasteiger charge is 2.33. The van der Waals surface area contributed by atoms with Gasteiger partial charge in [-0.05, 0) is 96.2 Å². The van der Waals surface area contributed by atoms with Crippen LogP contribution in [0.4, 0.5) is 11.4 Å². The number of phenols is 1. The third-order valence-electron chi connectivity index (χ3n) is 11.8. The summed E-state index contributed by atoms with van der Waals surface area (Å²) >= 11 is 0.